The van der Waals surface area contributed by atoms with Crippen molar-refractivity contribution < 1.29 is 13.2 Å². The van der Waals surface area contributed by atoms with Crippen LogP contribution < -0.4 is 5.73 Å². The Morgan fingerprint density at radius 3 is 2.59 bits per heavy atom. The van der Waals surface area contributed by atoms with Crippen LogP contribution in [0.1, 0.15) is 59.8 Å². The quantitative estimate of drug-likeness (QED) is 0.454. The van der Waals surface area contributed by atoms with Crippen molar-refractivity contribution in [1.82, 2.24) is 14.2 Å². The average Bonchev–Trinajstić information content (AvgIpc) is 3.45. The Hall–Kier alpha value is -2.20. The van der Waals surface area contributed by atoms with Crippen LogP contribution in [0.5, 0.6) is 0 Å². The van der Waals surface area contributed by atoms with Gasteiger partial charge in [-0.05, 0) is 86.0 Å². The molecule has 184 valence electrons. The van der Waals surface area contributed by atoms with Crippen LogP contribution >= 0.6 is 11.3 Å². The van der Waals surface area contributed by atoms with E-state index in [2.05, 4.69) is 41.4 Å². The number of primary amides is 1. The fourth-order valence-electron chi connectivity index (χ4n) is 4.92. The third-order valence-electron chi connectivity index (χ3n) is 6.76. The predicted octanol–water partition coefficient (Wildman–Crippen LogP) is 4.37. The maximum Gasteiger partial charge on any atom is 0.250 e. The molecular weight excluding hydrogens is 468 g/mol. The number of hydrogen-bond donors (Lipinski definition) is 2. The van der Waals surface area contributed by atoms with Crippen molar-refractivity contribution in [2.45, 2.75) is 45.6 Å². The number of thiophene rings is 1. The van der Waals surface area contributed by atoms with Gasteiger partial charge in [-0.25, -0.2) is 12.7 Å². The molecule has 0 spiro atoms. The monoisotopic (exact) mass is 502 g/mol. The minimum atomic E-state index is -3.16. The van der Waals surface area contributed by atoms with Gasteiger partial charge in [0, 0.05) is 36.1 Å². The molecule has 0 bridgehead atoms. The van der Waals surface area contributed by atoms with Gasteiger partial charge in [-0.3, -0.25) is 4.79 Å². The van der Waals surface area contributed by atoms with Crippen LogP contribution in [0.25, 0.3) is 22.0 Å². The van der Waals surface area contributed by atoms with E-state index in [1.54, 1.807) is 22.6 Å². The van der Waals surface area contributed by atoms with E-state index in [1.165, 1.54) is 4.88 Å². The molecule has 3 aromatic rings. The fourth-order valence-corrected chi connectivity index (χ4v) is 7.03. The summed E-state index contributed by atoms with van der Waals surface area (Å²) in [6.45, 7) is 6.86. The van der Waals surface area contributed by atoms with Crippen molar-refractivity contribution in [3.05, 3.63) is 45.8 Å². The highest BCUT2D eigenvalue weighted by molar-refractivity contribution is 7.89. The Labute approximate surface area is 206 Å². The summed E-state index contributed by atoms with van der Waals surface area (Å²) in [5, 5.41) is 3.14. The average molecular weight is 503 g/mol. The Kier molecular flexibility index (Phi) is 7.47. The first-order valence-electron chi connectivity index (χ1n) is 11.9. The molecule has 1 aliphatic heterocycles. The van der Waals surface area contributed by atoms with Gasteiger partial charge in [0.2, 0.25) is 10.0 Å². The van der Waals surface area contributed by atoms with Gasteiger partial charge in [-0.2, -0.15) is 0 Å². The van der Waals surface area contributed by atoms with E-state index < -0.39 is 15.9 Å². The second kappa shape index (κ2) is 10.2. The number of nitrogens with two attached hydrogens (primary N) is 1. The van der Waals surface area contributed by atoms with E-state index in [4.69, 9.17) is 5.73 Å². The highest BCUT2D eigenvalue weighted by atomic mass is 32.2. The van der Waals surface area contributed by atoms with E-state index in [0.717, 1.165) is 59.9 Å². The molecule has 0 unspecified atom stereocenters. The van der Waals surface area contributed by atoms with Crippen LogP contribution in [0, 0.1) is 0 Å². The minimum Gasteiger partial charge on any atom is -0.366 e. The number of sulfonamides is 1. The summed E-state index contributed by atoms with van der Waals surface area (Å²) >= 11 is 1.73. The molecule has 1 fully saturated rings. The third-order valence-corrected chi connectivity index (χ3v) is 9.56. The number of aromatic amines is 1. The molecule has 0 atom stereocenters. The van der Waals surface area contributed by atoms with Crippen LogP contribution in [0.2, 0.25) is 0 Å². The van der Waals surface area contributed by atoms with Gasteiger partial charge in [0.05, 0.1) is 16.8 Å². The SMILES string of the molecule is CCCN(C)Cc1cc(-c2cc(C(N)=O)c3[nH]cc(C4CCN(S(=O)(=O)CC)CC4)c3c2)cs1. The first kappa shape index (κ1) is 24.9. The molecule has 7 nitrogen and oxygen atoms in total. The van der Waals surface area contributed by atoms with Crippen LogP contribution in [0.3, 0.4) is 0 Å². The van der Waals surface area contributed by atoms with Gasteiger partial charge in [0.1, 0.15) is 0 Å². The number of fused-ring (bicyclic) bond motifs is 1. The van der Waals surface area contributed by atoms with Gasteiger partial charge in [0.25, 0.3) is 5.91 Å². The molecule has 3 heterocycles. The molecule has 1 amide bonds. The smallest absolute Gasteiger partial charge is 0.250 e. The molecule has 0 aliphatic carbocycles. The topological polar surface area (TPSA) is 99.5 Å². The van der Waals surface area contributed by atoms with Gasteiger partial charge in [0.15, 0.2) is 0 Å². The molecule has 4 rings (SSSR count). The Morgan fingerprint density at radius 2 is 1.94 bits per heavy atom. The first-order chi connectivity index (χ1) is 16.2. The van der Waals surface area contributed by atoms with Crippen LogP contribution in [-0.4, -0.2) is 60.9 Å². The molecule has 34 heavy (non-hydrogen) atoms. The van der Waals surface area contributed by atoms with E-state index >= 15 is 0 Å². The number of carbonyl (C=O) groups is 1. The summed E-state index contributed by atoms with van der Waals surface area (Å²) in [6.07, 6.45) is 4.60. The predicted molar refractivity (Wildman–Crippen MR) is 140 cm³/mol. The highest BCUT2D eigenvalue weighted by Gasteiger charge is 2.29. The largest absolute Gasteiger partial charge is 0.366 e. The van der Waals surface area contributed by atoms with E-state index in [9.17, 15) is 13.2 Å². The van der Waals surface area contributed by atoms with Gasteiger partial charge < -0.3 is 15.6 Å². The zero-order valence-corrected chi connectivity index (χ0v) is 21.8. The molecule has 3 N–H and O–H groups in total. The second-order valence-electron chi connectivity index (χ2n) is 9.17. The molecule has 9 heteroatoms. The van der Waals surface area contributed by atoms with E-state index in [0.29, 0.717) is 18.7 Å². The van der Waals surface area contributed by atoms with Gasteiger partial charge in [-0.15, -0.1) is 11.3 Å². The van der Waals surface area contributed by atoms with Crippen molar-refractivity contribution in [2.75, 3.05) is 32.4 Å². The van der Waals surface area contributed by atoms with E-state index in [-0.39, 0.29) is 11.7 Å². The standard InChI is InChI=1S/C25H34N4O3S2/c1-4-8-28(3)15-20-11-19(16-33-20)18-12-21-23(14-27-24(21)22(13-18)25(26)30)17-6-9-29(10-7-17)34(31,32)5-2/h11-14,16-17,27H,4-10,15H2,1-3H3,(H2,26,30). The molecule has 0 saturated carbocycles. The molecule has 1 saturated heterocycles. The lowest BCUT2D eigenvalue weighted by molar-refractivity contribution is 0.100. The fraction of sp³-hybridized carbons (Fsp3) is 0.480. The number of nitrogens with one attached hydrogen (secondary N) is 1. The zero-order chi connectivity index (χ0) is 24.5. The number of aromatic nitrogens is 1. The molecule has 2 aromatic heterocycles. The summed E-state index contributed by atoms with van der Waals surface area (Å²) in [5.74, 6) is -0.0940. The summed E-state index contributed by atoms with van der Waals surface area (Å²) in [6, 6.07) is 6.22. The summed E-state index contributed by atoms with van der Waals surface area (Å²) < 4.78 is 26.1. The van der Waals surface area contributed by atoms with Crippen molar-refractivity contribution in [2.24, 2.45) is 5.73 Å². The number of benzene rings is 1. The summed E-state index contributed by atoms with van der Waals surface area (Å²) in [7, 11) is -1.04. The van der Waals surface area contributed by atoms with E-state index in [1.807, 2.05) is 12.3 Å². The number of rotatable bonds is 9. The summed E-state index contributed by atoms with van der Waals surface area (Å²) in [5.41, 5.74) is 10.2. The summed E-state index contributed by atoms with van der Waals surface area (Å²) in [4.78, 5) is 19.2. The molecule has 1 aromatic carbocycles. The number of H-pyrrole nitrogens is 1. The van der Waals surface area contributed by atoms with Crippen molar-refractivity contribution >= 4 is 38.2 Å². The van der Waals surface area contributed by atoms with Crippen LogP contribution in [-0.2, 0) is 16.6 Å². The molecular formula is C25H34N4O3S2. The molecule has 0 radical (unpaired) electrons. The van der Waals surface area contributed by atoms with Crippen molar-refractivity contribution in [1.29, 1.82) is 0 Å². The Morgan fingerprint density at radius 1 is 1.21 bits per heavy atom. The lowest BCUT2D eigenvalue weighted by Crippen LogP contribution is -2.38. The normalized spacial score (nSPS) is 16.0. The number of hydrogen-bond acceptors (Lipinski definition) is 5. The first-order valence-corrected chi connectivity index (χ1v) is 14.4. The Balaban J connectivity index is 1.66. The zero-order valence-electron chi connectivity index (χ0n) is 20.1. The van der Waals surface area contributed by atoms with Gasteiger partial charge >= 0.3 is 0 Å². The van der Waals surface area contributed by atoms with Gasteiger partial charge in [-0.1, -0.05) is 6.92 Å². The second-order valence-corrected chi connectivity index (χ2v) is 12.4. The highest BCUT2D eigenvalue weighted by Crippen LogP contribution is 2.38. The number of nitrogens with zero attached hydrogens (tertiary/aromatic N) is 2. The maximum absolute atomic E-state index is 12.3. The number of piperidine rings is 1. The van der Waals surface area contributed by atoms with Crippen molar-refractivity contribution in [3.8, 4) is 11.1 Å². The van der Waals surface area contributed by atoms with Crippen LogP contribution in [0.15, 0.2) is 29.8 Å². The molecule has 1 aliphatic rings. The Bertz CT molecular complexity index is 1270. The van der Waals surface area contributed by atoms with Crippen molar-refractivity contribution in [3.63, 3.8) is 0 Å². The minimum absolute atomic E-state index is 0.132. The number of amides is 1. The lowest BCUT2D eigenvalue weighted by atomic mass is 9.88. The third kappa shape index (κ3) is 5.07. The number of carbonyl (C=O) groups excluding carboxylic acids is 1. The maximum atomic E-state index is 12.3. The lowest BCUT2D eigenvalue weighted by Gasteiger charge is -2.31. The van der Waals surface area contributed by atoms with Crippen LogP contribution in [0.4, 0.5) is 0 Å².